The van der Waals surface area contributed by atoms with Crippen molar-refractivity contribution < 1.29 is 4.42 Å². The molecule has 0 radical (unpaired) electrons. The van der Waals surface area contributed by atoms with Gasteiger partial charge in [0.1, 0.15) is 5.76 Å². The Balaban J connectivity index is 2.04. The van der Waals surface area contributed by atoms with Gasteiger partial charge in [-0.05, 0) is 57.0 Å². The Kier molecular flexibility index (Phi) is 4.73. The molecule has 0 aliphatic heterocycles. The van der Waals surface area contributed by atoms with E-state index in [4.69, 9.17) is 4.42 Å². The van der Waals surface area contributed by atoms with Crippen molar-refractivity contribution in [3.8, 4) is 0 Å². The summed E-state index contributed by atoms with van der Waals surface area (Å²) in [5, 5.41) is 3.52. The third-order valence-corrected chi connectivity index (χ3v) is 3.47. The zero-order chi connectivity index (χ0) is 15.5. The van der Waals surface area contributed by atoms with Crippen molar-refractivity contribution in [2.45, 2.75) is 46.3 Å². The third-order valence-electron chi connectivity index (χ3n) is 3.47. The maximum absolute atomic E-state index is 5.41. The van der Waals surface area contributed by atoms with Crippen LogP contribution in [0.15, 0.2) is 41.0 Å². The highest BCUT2D eigenvalue weighted by Gasteiger charge is 2.10. The minimum atomic E-state index is 0.142. The fraction of sp³-hybridized carbons (Fsp3) is 0.444. The van der Waals surface area contributed by atoms with Crippen LogP contribution in [0.4, 0.5) is 5.69 Å². The number of aryl methyl sites for hydroxylation is 1. The second-order valence-electron chi connectivity index (χ2n) is 6.66. The quantitative estimate of drug-likeness (QED) is 0.896. The zero-order valence-electron chi connectivity index (χ0n) is 13.7. The summed E-state index contributed by atoms with van der Waals surface area (Å²) in [4.78, 5) is 2.22. The molecule has 1 heterocycles. The van der Waals surface area contributed by atoms with Crippen molar-refractivity contribution in [1.82, 2.24) is 5.32 Å². The van der Waals surface area contributed by atoms with Crippen LogP contribution in [0, 0.1) is 6.92 Å². The van der Waals surface area contributed by atoms with Crippen molar-refractivity contribution in [2.24, 2.45) is 0 Å². The lowest BCUT2D eigenvalue weighted by Gasteiger charge is -2.23. The first-order valence-electron chi connectivity index (χ1n) is 7.43. The van der Waals surface area contributed by atoms with Crippen LogP contribution in [-0.4, -0.2) is 12.6 Å². The van der Waals surface area contributed by atoms with Crippen LogP contribution in [0.5, 0.6) is 0 Å². The van der Waals surface area contributed by atoms with Crippen LogP contribution >= 0.6 is 0 Å². The molecule has 2 aromatic rings. The van der Waals surface area contributed by atoms with Crippen LogP contribution < -0.4 is 10.2 Å². The SMILES string of the molecule is Cc1cc(CNC(C)(C)C)ccc1N(C)Cc1ccco1. The largest absolute Gasteiger partial charge is 0.467 e. The number of furan rings is 1. The van der Waals surface area contributed by atoms with E-state index in [9.17, 15) is 0 Å². The molecule has 0 saturated carbocycles. The van der Waals surface area contributed by atoms with Crippen molar-refractivity contribution >= 4 is 5.69 Å². The molecule has 3 nitrogen and oxygen atoms in total. The second-order valence-corrected chi connectivity index (χ2v) is 6.66. The standard InChI is InChI=1S/C18H26N2O/c1-14-11-15(12-19-18(2,3)4)8-9-17(14)20(5)13-16-7-6-10-21-16/h6-11,19H,12-13H2,1-5H3. The minimum Gasteiger partial charge on any atom is -0.467 e. The van der Waals surface area contributed by atoms with Gasteiger partial charge in [0.15, 0.2) is 0 Å². The summed E-state index contributed by atoms with van der Waals surface area (Å²) in [6, 6.07) is 10.6. The molecule has 114 valence electrons. The molecule has 0 spiro atoms. The van der Waals surface area contributed by atoms with Gasteiger partial charge in [0.25, 0.3) is 0 Å². The summed E-state index contributed by atoms with van der Waals surface area (Å²) in [5.41, 5.74) is 3.99. The van der Waals surface area contributed by atoms with Crippen LogP contribution in [0.1, 0.15) is 37.7 Å². The monoisotopic (exact) mass is 286 g/mol. The predicted octanol–water partition coefficient (Wildman–Crippen LogP) is 4.11. The minimum absolute atomic E-state index is 0.142. The molecular formula is C18H26N2O. The van der Waals surface area contributed by atoms with Gasteiger partial charge >= 0.3 is 0 Å². The first kappa shape index (κ1) is 15.6. The fourth-order valence-electron chi connectivity index (χ4n) is 2.34. The number of anilines is 1. The molecule has 21 heavy (non-hydrogen) atoms. The Hall–Kier alpha value is -1.74. The van der Waals surface area contributed by atoms with E-state index in [1.807, 2.05) is 12.1 Å². The molecular weight excluding hydrogens is 260 g/mol. The summed E-state index contributed by atoms with van der Waals surface area (Å²) in [7, 11) is 2.10. The lowest BCUT2D eigenvalue weighted by molar-refractivity contribution is 0.424. The van der Waals surface area contributed by atoms with E-state index in [0.717, 1.165) is 18.8 Å². The van der Waals surface area contributed by atoms with Gasteiger partial charge in [0, 0.05) is 24.8 Å². The molecule has 0 atom stereocenters. The molecule has 3 heteroatoms. The lowest BCUT2D eigenvalue weighted by Crippen LogP contribution is -2.35. The van der Waals surface area contributed by atoms with Crippen molar-refractivity contribution in [3.05, 3.63) is 53.5 Å². The molecule has 0 unspecified atom stereocenters. The molecule has 0 aliphatic rings. The van der Waals surface area contributed by atoms with Crippen molar-refractivity contribution in [3.63, 3.8) is 0 Å². The van der Waals surface area contributed by atoms with Crippen molar-refractivity contribution in [2.75, 3.05) is 11.9 Å². The third kappa shape index (κ3) is 4.64. The Morgan fingerprint density at radius 3 is 2.52 bits per heavy atom. The average Bonchev–Trinajstić information content (AvgIpc) is 2.88. The summed E-state index contributed by atoms with van der Waals surface area (Å²) in [5.74, 6) is 0.982. The molecule has 1 N–H and O–H groups in total. The van der Waals surface area contributed by atoms with Crippen LogP contribution in [0.2, 0.25) is 0 Å². The smallest absolute Gasteiger partial charge is 0.123 e. The summed E-state index contributed by atoms with van der Waals surface area (Å²) < 4.78 is 5.41. The lowest BCUT2D eigenvalue weighted by atomic mass is 10.1. The molecule has 0 aliphatic carbocycles. The fourth-order valence-corrected chi connectivity index (χ4v) is 2.34. The first-order valence-corrected chi connectivity index (χ1v) is 7.43. The molecule has 0 fully saturated rings. The maximum atomic E-state index is 5.41. The van der Waals surface area contributed by atoms with Gasteiger partial charge in [-0.2, -0.15) is 0 Å². The Bertz CT molecular complexity index is 567. The topological polar surface area (TPSA) is 28.4 Å². The van der Waals surface area contributed by atoms with Gasteiger partial charge in [-0.1, -0.05) is 12.1 Å². The normalized spacial score (nSPS) is 11.7. The zero-order valence-corrected chi connectivity index (χ0v) is 13.7. The van der Waals surface area contributed by atoms with Gasteiger partial charge in [0.05, 0.1) is 12.8 Å². The molecule has 1 aromatic carbocycles. The average molecular weight is 286 g/mol. The van der Waals surface area contributed by atoms with Crippen LogP contribution in [0.25, 0.3) is 0 Å². The second kappa shape index (κ2) is 6.35. The number of hydrogen-bond acceptors (Lipinski definition) is 3. The number of nitrogens with zero attached hydrogens (tertiary/aromatic N) is 1. The first-order chi connectivity index (χ1) is 9.85. The van der Waals surface area contributed by atoms with Gasteiger partial charge in [0.2, 0.25) is 0 Å². The summed E-state index contributed by atoms with van der Waals surface area (Å²) >= 11 is 0. The Morgan fingerprint density at radius 1 is 1.19 bits per heavy atom. The Labute approximate surface area is 128 Å². The highest BCUT2D eigenvalue weighted by atomic mass is 16.3. The van der Waals surface area contributed by atoms with E-state index in [1.165, 1.54) is 16.8 Å². The van der Waals surface area contributed by atoms with E-state index >= 15 is 0 Å². The maximum Gasteiger partial charge on any atom is 0.123 e. The van der Waals surface area contributed by atoms with Gasteiger partial charge in [-0.3, -0.25) is 0 Å². The number of nitrogens with one attached hydrogen (secondary N) is 1. The predicted molar refractivity (Wildman–Crippen MR) is 88.6 cm³/mol. The van der Waals surface area contributed by atoms with Crippen LogP contribution in [-0.2, 0) is 13.1 Å². The Morgan fingerprint density at radius 2 is 1.95 bits per heavy atom. The van der Waals surface area contributed by atoms with Gasteiger partial charge in [-0.25, -0.2) is 0 Å². The highest BCUT2D eigenvalue weighted by molar-refractivity contribution is 5.54. The molecule has 0 saturated heterocycles. The molecule has 2 rings (SSSR count). The van der Waals surface area contributed by atoms with E-state index in [0.29, 0.717) is 0 Å². The highest BCUT2D eigenvalue weighted by Crippen LogP contribution is 2.22. The van der Waals surface area contributed by atoms with E-state index < -0.39 is 0 Å². The van der Waals surface area contributed by atoms with Gasteiger partial charge in [-0.15, -0.1) is 0 Å². The van der Waals surface area contributed by atoms with Gasteiger partial charge < -0.3 is 14.6 Å². The number of benzene rings is 1. The molecule has 0 bridgehead atoms. The van der Waals surface area contributed by atoms with E-state index in [-0.39, 0.29) is 5.54 Å². The van der Waals surface area contributed by atoms with Crippen LogP contribution in [0.3, 0.4) is 0 Å². The summed E-state index contributed by atoms with van der Waals surface area (Å²) in [6.45, 7) is 10.4. The van der Waals surface area contributed by atoms with Crippen molar-refractivity contribution in [1.29, 1.82) is 0 Å². The molecule has 1 aromatic heterocycles. The van der Waals surface area contributed by atoms with E-state index in [2.05, 4.69) is 63.2 Å². The summed E-state index contributed by atoms with van der Waals surface area (Å²) in [6.07, 6.45) is 1.72. The molecule has 0 amide bonds. The van der Waals surface area contributed by atoms with E-state index in [1.54, 1.807) is 6.26 Å². The number of hydrogen-bond donors (Lipinski definition) is 1. The number of rotatable bonds is 5.